The van der Waals surface area contributed by atoms with Crippen LogP contribution in [0.4, 0.5) is 9.18 Å². The van der Waals surface area contributed by atoms with Crippen molar-refractivity contribution in [2.24, 2.45) is 11.0 Å². The lowest BCUT2D eigenvalue weighted by molar-refractivity contribution is -0.537. The summed E-state index contributed by atoms with van der Waals surface area (Å²) >= 11 is 0. The minimum atomic E-state index is -0.816. The molecule has 2 N–H and O–H groups in total. The van der Waals surface area contributed by atoms with Gasteiger partial charge in [0.2, 0.25) is 11.8 Å². The van der Waals surface area contributed by atoms with Crippen molar-refractivity contribution in [2.75, 3.05) is 13.2 Å². The van der Waals surface area contributed by atoms with Gasteiger partial charge in [0.25, 0.3) is 5.91 Å². The standard InChI is InChI=1S/C24H26FN5O5/c1-13-3-2-8-30-18(13)9-16(28-30)12-35-24(34)26-10-14-4-5-15-11-29(23(33)20(15)21(14)25)17-6-7-19(31)27-22(17)32/h4-5,13,17H,2-3,6-12H2,1H3,(H-,26,27,31,32,34)/p+1. The number of carbonyl (C=O) groups is 4. The van der Waals surface area contributed by atoms with Crippen LogP contribution in [0.5, 0.6) is 0 Å². The number of hydrogen-bond acceptors (Lipinski definition) is 6. The summed E-state index contributed by atoms with van der Waals surface area (Å²) < 4.78 is 22.5. The van der Waals surface area contributed by atoms with Crippen LogP contribution in [0.2, 0.25) is 0 Å². The second-order valence-electron chi connectivity index (χ2n) is 9.40. The second-order valence-corrected chi connectivity index (χ2v) is 9.40. The number of imide groups is 1. The third-order valence-electron chi connectivity index (χ3n) is 7.06. The van der Waals surface area contributed by atoms with Crippen molar-refractivity contribution in [1.29, 1.82) is 0 Å². The van der Waals surface area contributed by atoms with Gasteiger partial charge in [0.1, 0.15) is 24.2 Å². The van der Waals surface area contributed by atoms with Crippen molar-refractivity contribution < 1.29 is 33.0 Å². The second kappa shape index (κ2) is 9.20. The van der Waals surface area contributed by atoms with E-state index in [0.29, 0.717) is 17.9 Å². The third-order valence-corrected chi connectivity index (χ3v) is 7.06. The van der Waals surface area contributed by atoms with E-state index >= 15 is 4.39 Å². The van der Waals surface area contributed by atoms with Crippen LogP contribution in [-0.4, -0.2) is 64.0 Å². The molecule has 4 aliphatic heterocycles. The lowest BCUT2D eigenvalue weighted by Gasteiger charge is -2.29. The van der Waals surface area contributed by atoms with Crippen molar-refractivity contribution in [3.05, 3.63) is 34.6 Å². The molecule has 0 aliphatic carbocycles. The topological polar surface area (TPSA) is 120 Å². The molecule has 4 amide bonds. The predicted octanol–water partition coefficient (Wildman–Crippen LogP) is 1.46. The molecule has 11 heteroatoms. The maximum Gasteiger partial charge on any atom is 0.407 e. The van der Waals surface area contributed by atoms with Gasteiger partial charge in [0.15, 0.2) is 12.3 Å². The van der Waals surface area contributed by atoms with Crippen LogP contribution < -0.4 is 10.6 Å². The molecule has 5 rings (SSSR count). The fourth-order valence-corrected chi connectivity index (χ4v) is 5.14. The lowest BCUT2D eigenvalue weighted by atomic mass is 9.94. The zero-order chi connectivity index (χ0) is 24.7. The van der Waals surface area contributed by atoms with Crippen molar-refractivity contribution in [1.82, 2.24) is 15.5 Å². The van der Waals surface area contributed by atoms with E-state index in [1.54, 1.807) is 6.07 Å². The fraction of sp³-hybridized carbons (Fsp3) is 0.500. The van der Waals surface area contributed by atoms with Crippen LogP contribution in [0.15, 0.2) is 17.2 Å². The predicted molar refractivity (Wildman–Crippen MR) is 121 cm³/mol. The molecule has 1 aromatic rings. The highest BCUT2D eigenvalue weighted by atomic mass is 19.1. The quantitative estimate of drug-likeness (QED) is 0.484. The number of rotatable bonds is 5. The van der Waals surface area contributed by atoms with Crippen molar-refractivity contribution >= 4 is 35.2 Å². The monoisotopic (exact) mass is 484 g/mol. The summed E-state index contributed by atoms with van der Waals surface area (Å²) in [6.45, 7) is 3.05. The summed E-state index contributed by atoms with van der Waals surface area (Å²) in [5.41, 5.74) is 2.54. The first kappa shape index (κ1) is 23.1. The summed E-state index contributed by atoms with van der Waals surface area (Å²) in [5, 5.41) is 9.27. The maximum atomic E-state index is 15.2. The molecular weight excluding hydrogens is 457 g/mol. The van der Waals surface area contributed by atoms with Crippen LogP contribution in [0.1, 0.15) is 60.5 Å². The number of hydrazone groups is 1. The summed E-state index contributed by atoms with van der Waals surface area (Å²) in [6.07, 6.45) is 2.54. The molecule has 1 fully saturated rings. The number of nitrogens with zero attached hydrogens (tertiary/aromatic N) is 3. The molecule has 4 heterocycles. The van der Waals surface area contributed by atoms with Crippen LogP contribution in [-0.2, 0) is 27.4 Å². The van der Waals surface area contributed by atoms with Gasteiger partial charge in [-0.25, -0.2) is 9.18 Å². The smallest absolute Gasteiger partial charge is 0.407 e. The number of hydrogen-bond donors (Lipinski definition) is 2. The molecule has 1 aromatic carbocycles. The number of amides is 4. The molecule has 0 radical (unpaired) electrons. The van der Waals surface area contributed by atoms with Gasteiger partial charge in [0.05, 0.1) is 12.0 Å². The minimum Gasteiger partial charge on any atom is -0.443 e. The van der Waals surface area contributed by atoms with Gasteiger partial charge in [-0.2, -0.15) is 0 Å². The highest BCUT2D eigenvalue weighted by Gasteiger charge is 2.41. The number of carbonyl (C=O) groups excluding carboxylic acids is 4. The Morgan fingerprint density at radius 2 is 2.14 bits per heavy atom. The molecule has 2 atom stereocenters. The first-order valence-electron chi connectivity index (χ1n) is 11.9. The first-order chi connectivity index (χ1) is 16.8. The number of piperidine rings is 1. The van der Waals surface area contributed by atoms with Gasteiger partial charge in [0, 0.05) is 37.4 Å². The lowest BCUT2D eigenvalue weighted by Crippen LogP contribution is -2.52. The molecule has 2 unspecified atom stereocenters. The Labute approximate surface area is 201 Å². The Kier molecular flexibility index (Phi) is 6.08. The number of halogens is 1. The zero-order valence-corrected chi connectivity index (χ0v) is 19.4. The number of nitrogens with one attached hydrogen (secondary N) is 2. The first-order valence-corrected chi connectivity index (χ1v) is 11.9. The van der Waals surface area contributed by atoms with Gasteiger partial charge in [-0.3, -0.25) is 19.7 Å². The largest absolute Gasteiger partial charge is 0.443 e. The molecule has 0 aromatic heterocycles. The highest BCUT2D eigenvalue weighted by molar-refractivity contribution is 6.06. The van der Waals surface area contributed by atoms with E-state index in [1.807, 2.05) is 4.68 Å². The molecule has 4 aliphatic rings. The Morgan fingerprint density at radius 1 is 1.31 bits per heavy atom. The summed E-state index contributed by atoms with van der Waals surface area (Å²) in [4.78, 5) is 50.0. The fourth-order valence-electron chi connectivity index (χ4n) is 5.14. The third kappa shape index (κ3) is 4.42. The Morgan fingerprint density at radius 3 is 2.91 bits per heavy atom. The summed E-state index contributed by atoms with van der Waals surface area (Å²) in [7, 11) is 0. The van der Waals surface area contributed by atoms with E-state index in [0.717, 1.165) is 25.1 Å². The van der Waals surface area contributed by atoms with Crippen LogP contribution >= 0.6 is 0 Å². The molecule has 0 saturated carbocycles. The van der Waals surface area contributed by atoms with E-state index in [1.165, 1.54) is 16.7 Å². The molecule has 1 saturated heterocycles. The van der Waals surface area contributed by atoms with E-state index in [2.05, 4.69) is 22.7 Å². The minimum absolute atomic E-state index is 0.0601. The summed E-state index contributed by atoms with van der Waals surface area (Å²) in [6, 6.07) is 2.31. The van der Waals surface area contributed by atoms with E-state index in [9.17, 15) is 19.2 Å². The molecule has 35 heavy (non-hydrogen) atoms. The van der Waals surface area contributed by atoms with Gasteiger partial charge >= 0.3 is 6.09 Å². The number of ether oxygens (including phenoxy) is 1. The average Bonchev–Trinajstić information content (AvgIpc) is 3.39. The van der Waals surface area contributed by atoms with Gasteiger partial charge in [-0.15, -0.1) is 0 Å². The van der Waals surface area contributed by atoms with Crippen molar-refractivity contribution in [3.8, 4) is 0 Å². The molecular formula is C24H27FN5O5+. The van der Waals surface area contributed by atoms with Crippen molar-refractivity contribution in [3.63, 3.8) is 0 Å². The molecule has 10 nitrogen and oxygen atoms in total. The van der Waals surface area contributed by atoms with Crippen LogP contribution in [0.25, 0.3) is 0 Å². The molecule has 184 valence electrons. The Bertz CT molecular complexity index is 1190. The number of benzene rings is 1. The number of fused-ring (bicyclic) bond motifs is 1. The molecule has 0 bridgehead atoms. The van der Waals surface area contributed by atoms with Gasteiger partial charge < -0.3 is 15.0 Å². The van der Waals surface area contributed by atoms with E-state index < -0.39 is 29.8 Å². The maximum absolute atomic E-state index is 15.2. The zero-order valence-electron chi connectivity index (χ0n) is 19.4. The normalized spacial score (nSPS) is 23.7. The van der Waals surface area contributed by atoms with Crippen molar-refractivity contribution in [2.45, 2.75) is 58.2 Å². The highest BCUT2D eigenvalue weighted by Crippen LogP contribution is 2.30. The van der Waals surface area contributed by atoms with Crippen LogP contribution in [0, 0.1) is 11.7 Å². The molecule has 0 spiro atoms. The Balaban J connectivity index is 1.17. The van der Waals surface area contributed by atoms with E-state index in [-0.39, 0.29) is 49.6 Å². The van der Waals surface area contributed by atoms with Gasteiger partial charge in [-0.1, -0.05) is 23.7 Å². The average molecular weight is 485 g/mol. The summed E-state index contributed by atoms with van der Waals surface area (Å²) in [5.74, 6) is -1.80. The Hall–Kier alpha value is -3.63. The SMILES string of the molecule is CC1CCC[N+]2=C1CC(COC(=O)NCc1ccc3c(c1F)C(=O)N(C1CCC(=O)NC1=O)C3)=N2. The number of alkyl carbamates (subject to hydrolysis) is 1. The van der Waals surface area contributed by atoms with Gasteiger partial charge in [-0.05, 0) is 23.5 Å². The van der Waals surface area contributed by atoms with E-state index in [4.69, 9.17) is 4.74 Å². The van der Waals surface area contributed by atoms with Crippen LogP contribution in [0.3, 0.4) is 0 Å².